The van der Waals surface area contributed by atoms with Crippen molar-refractivity contribution in [3.05, 3.63) is 83.4 Å². The van der Waals surface area contributed by atoms with Crippen LogP contribution in [0, 0.1) is 11.6 Å². The molecule has 3 aromatic carbocycles. The van der Waals surface area contributed by atoms with Crippen LogP contribution in [0.25, 0.3) is 11.1 Å². The Hall–Kier alpha value is -3.19. The fourth-order valence-electron chi connectivity index (χ4n) is 2.84. The van der Waals surface area contributed by atoms with E-state index in [0.29, 0.717) is 11.1 Å². The molecule has 0 atom stereocenters. The molecule has 0 unspecified atom stereocenters. The van der Waals surface area contributed by atoms with Crippen molar-refractivity contribution in [1.29, 1.82) is 0 Å². The summed E-state index contributed by atoms with van der Waals surface area (Å²) in [4.78, 5) is 24.6. The molecule has 0 aliphatic rings. The van der Waals surface area contributed by atoms with E-state index in [0.717, 1.165) is 22.8 Å². The molecule has 7 heteroatoms. The fraction of sp³-hybridized carbons (Fsp3) is 0.0909. The highest BCUT2D eigenvalue weighted by atomic mass is 32.2. The number of benzene rings is 3. The Morgan fingerprint density at radius 1 is 0.931 bits per heavy atom. The minimum Gasteiger partial charge on any atom is -0.478 e. The summed E-state index contributed by atoms with van der Waals surface area (Å²) in [5.41, 5.74) is -0.0873. The lowest BCUT2D eigenvalue weighted by atomic mass is 10.0. The molecular weight excluding hydrogens is 396 g/mol. The van der Waals surface area contributed by atoms with Gasteiger partial charge in [-0.05, 0) is 53.3 Å². The Morgan fingerprint density at radius 3 is 2.21 bits per heavy atom. The molecule has 0 saturated heterocycles. The SMILES string of the molecule is CCSc1cccc(-c2cc(F)c(NC(=O)c3ccccc3C(=O)O)c(F)c2)c1. The molecule has 0 spiro atoms. The lowest BCUT2D eigenvalue weighted by Crippen LogP contribution is -2.18. The summed E-state index contributed by atoms with van der Waals surface area (Å²) in [6.45, 7) is 2.01. The van der Waals surface area contributed by atoms with E-state index >= 15 is 0 Å². The van der Waals surface area contributed by atoms with Gasteiger partial charge in [-0.1, -0.05) is 31.2 Å². The second-order valence-corrected chi connectivity index (χ2v) is 7.42. The number of carboxylic acid groups (broad SMARTS) is 1. The summed E-state index contributed by atoms with van der Waals surface area (Å²) in [6.07, 6.45) is 0. The molecule has 3 aromatic rings. The highest BCUT2D eigenvalue weighted by Crippen LogP contribution is 2.30. The predicted octanol–water partition coefficient (Wildman–Crippen LogP) is 5.69. The molecule has 1 amide bonds. The van der Waals surface area contributed by atoms with Gasteiger partial charge in [-0.25, -0.2) is 13.6 Å². The van der Waals surface area contributed by atoms with E-state index in [1.165, 1.54) is 24.3 Å². The second-order valence-electron chi connectivity index (χ2n) is 6.08. The Morgan fingerprint density at radius 2 is 1.59 bits per heavy atom. The number of thioether (sulfide) groups is 1. The van der Waals surface area contributed by atoms with Crippen molar-refractivity contribution >= 4 is 29.3 Å². The number of aromatic carboxylic acids is 1. The van der Waals surface area contributed by atoms with Crippen LogP contribution < -0.4 is 5.32 Å². The minimum absolute atomic E-state index is 0.188. The quantitative estimate of drug-likeness (QED) is 0.509. The number of anilines is 1. The predicted molar refractivity (Wildman–Crippen MR) is 110 cm³/mol. The standard InChI is InChI=1S/C22H17F2NO3S/c1-2-29-15-7-5-6-13(10-15)14-11-18(23)20(19(24)12-14)25-21(26)16-8-3-4-9-17(16)22(27)28/h3-12H,2H2,1H3,(H,25,26)(H,27,28). The van der Waals surface area contributed by atoms with Gasteiger partial charge in [-0.3, -0.25) is 4.79 Å². The van der Waals surface area contributed by atoms with E-state index in [4.69, 9.17) is 0 Å². The number of amides is 1. The van der Waals surface area contributed by atoms with Crippen LogP contribution in [0.3, 0.4) is 0 Å². The first-order chi connectivity index (χ1) is 13.9. The molecule has 0 radical (unpaired) electrons. The van der Waals surface area contributed by atoms with Gasteiger partial charge >= 0.3 is 5.97 Å². The third-order valence-corrected chi connectivity index (χ3v) is 5.04. The van der Waals surface area contributed by atoms with Crippen molar-refractivity contribution in [2.75, 3.05) is 11.1 Å². The topological polar surface area (TPSA) is 66.4 Å². The van der Waals surface area contributed by atoms with E-state index in [-0.39, 0.29) is 11.1 Å². The third-order valence-electron chi connectivity index (χ3n) is 4.16. The van der Waals surface area contributed by atoms with Crippen LogP contribution in [0.1, 0.15) is 27.6 Å². The first kappa shape index (κ1) is 20.5. The van der Waals surface area contributed by atoms with Gasteiger partial charge in [0.2, 0.25) is 0 Å². The molecule has 0 aromatic heterocycles. The summed E-state index contributed by atoms with van der Waals surface area (Å²) >= 11 is 1.61. The van der Waals surface area contributed by atoms with Gasteiger partial charge in [0, 0.05) is 4.90 Å². The summed E-state index contributed by atoms with van der Waals surface area (Å²) in [6, 6.07) is 15.0. The maximum Gasteiger partial charge on any atom is 0.336 e. The van der Waals surface area contributed by atoms with E-state index in [2.05, 4.69) is 5.32 Å². The lowest BCUT2D eigenvalue weighted by molar-refractivity contribution is 0.0692. The Kier molecular flexibility index (Phi) is 6.29. The normalized spacial score (nSPS) is 10.6. The number of carbonyl (C=O) groups excluding carboxylic acids is 1. The van der Waals surface area contributed by atoms with Gasteiger partial charge in [0.1, 0.15) is 17.3 Å². The van der Waals surface area contributed by atoms with E-state index in [1.54, 1.807) is 17.8 Å². The summed E-state index contributed by atoms with van der Waals surface area (Å²) in [5, 5.41) is 11.3. The number of hydrogen-bond donors (Lipinski definition) is 2. The average Bonchev–Trinajstić information content (AvgIpc) is 2.71. The van der Waals surface area contributed by atoms with E-state index < -0.39 is 29.2 Å². The molecule has 4 nitrogen and oxygen atoms in total. The number of rotatable bonds is 6. The number of halogens is 2. The van der Waals surface area contributed by atoms with Crippen molar-refractivity contribution in [2.45, 2.75) is 11.8 Å². The molecule has 148 valence electrons. The van der Waals surface area contributed by atoms with Crippen molar-refractivity contribution < 1.29 is 23.5 Å². The van der Waals surface area contributed by atoms with Crippen LogP contribution in [0.4, 0.5) is 14.5 Å². The van der Waals surface area contributed by atoms with Gasteiger partial charge in [0.05, 0.1) is 11.1 Å². The Bertz CT molecular complexity index is 1060. The lowest BCUT2D eigenvalue weighted by Gasteiger charge is -2.12. The number of nitrogens with one attached hydrogen (secondary N) is 1. The van der Waals surface area contributed by atoms with Crippen molar-refractivity contribution in [2.24, 2.45) is 0 Å². The van der Waals surface area contributed by atoms with Crippen LogP contribution >= 0.6 is 11.8 Å². The highest BCUT2D eigenvalue weighted by Gasteiger charge is 2.20. The third kappa shape index (κ3) is 4.63. The fourth-order valence-corrected chi connectivity index (χ4v) is 3.56. The van der Waals surface area contributed by atoms with E-state index in [9.17, 15) is 23.5 Å². The Balaban J connectivity index is 1.92. The summed E-state index contributed by atoms with van der Waals surface area (Å²) in [7, 11) is 0. The van der Waals surface area contributed by atoms with Gasteiger partial charge < -0.3 is 10.4 Å². The molecule has 0 bridgehead atoms. The summed E-state index contributed by atoms with van der Waals surface area (Å²) in [5.74, 6) is -3.24. The molecule has 2 N–H and O–H groups in total. The molecule has 0 heterocycles. The average molecular weight is 413 g/mol. The smallest absolute Gasteiger partial charge is 0.336 e. The van der Waals surface area contributed by atoms with Gasteiger partial charge in [0.15, 0.2) is 0 Å². The van der Waals surface area contributed by atoms with Crippen molar-refractivity contribution in [1.82, 2.24) is 0 Å². The minimum atomic E-state index is -1.31. The van der Waals surface area contributed by atoms with E-state index in [1.807, 2.05) is 25.1 Å². The van der Waals surface area contributed by atoms with Gasteiger partial charge in [-0.15, -0.1) is 11.8 Å². The van der Waals surface area contributed by atoms with Crippen LogP contribution in [-0.4, -0.2) is 22.7 Å². The van der Waals surface area contributed by atoms with Crippen molar-refractivity contribution in [3.63, 3.8) is 0 Å². The van der Waals surface area contributed by atoms with Crippen LogP contribution in [0.15, 0.2) is 65.6 Å². The Labute approximate surface area is 170 Å². The number of carboxylic acids is 1. The molecular formula is C22H17F2NO3S. The second kappa shape index (κ2) is 8.87. The zero-order valence-corrected chi connectivity index (χ0v) is 16.2. The first-order valence-electron chi connectivity index (χ1n) is 8.76. The zero-order chi connectivity index (χ0) is 21.0. The van der Waals surface area contributed by atoms with Crippen LogP contribution in [-0.2, 0) is 0 Å². The molecule has 3 rings (SSSR count). The molecule has 0 aliphatic heterocycles. The first-order valence-corrected chi connectivity index (χ1v) is 9.75. The number of hydrogen-bond acceptors (Lipinski definition) is 3. The molecule has 0 aliphatic carbocycles. The maximum atomic E-state index is 14.6. The van der Waals surface area contributed by atoms with Gasteiger partial charge in [-0.2, -0.15) is 0 Å². The largest absolute Gasteiger partial charge is 0.478 e. The zero-order valence-electron chi connectivity index (χ0n) is 15.4. The van der Waals surface area contributed by atoms with Crippen LogP contribution in [0.2, 0.25) is 0 Å². The monoisotopic (exact) mass is 413 g/mol. The van der Waals surface area contributed by atoms with Crippen LogP contribution in [0.5, 0.6) is 0 Å². The van der Waals surface area contributed by atoms with Gasteiger partial charge in [0.25, 0.3) is 5.91 Å². The maximum absolute atomic E-state index is 14.6. The highest BCUT2D eigenvalue weighted by molar-refractivity contribution is 7.99. The number of carbonyl (C=O) groups is 2. The molecule has 0 saturated carbocycles. The molecule has 29 heavy (non-hydrogen) atoms. The summed E-state index contributed by atoms with van der Waals surface area (Å²) < 4.78 is 29.2. The molecule has 0 fully saturated rings. The van der Waals surface area contributed by atoms with Crippen molar-refractivity contribution in [3.8, 4) is 11.1 Å².